The number of benzene rings is 1. The molecule has 3 rings (SSSR count). The van der Waals surface area contributed by atoms with Gasteiger partial charge in [-0.2, -0.15) is 0 Å². The number of para-hydroxylation sites is 1. The van der Waals surface area contributed by atoms with E-state index in [9.17, 15) is 0 Å². The summed E-state index contributed by atoms with van der Waals surface area (Å²) in [5.74, 6) is 0. The largest absolute Gasteiger partial charge is 0.373 e. The fourth-order valence-corrected chi connectivity index (χ4v) is 2.43. The fourth-order valence-electron chi connectivity index (χ4n) is 2.43. The van der Waals surface area contributed by atoms with Crippen LogP contribution in [0.1, 0.15) is 6.42 Å². The van der Waals surface area contributed by atoms with E-state index in [4.69, 9.17) is 4.74 Å². The van der Waals surface area contributed by atoms with Gasteiger partial charge in [0.15, 0.2) is 0 Å². The summed E-state index contributed by atoms with van der Waals surface area (Å²) in [7, 11) is 0. The zero-order valence-electron chi connectivity index (χ0n) is 10.2. The van der Waals surface area contributed by atoms with Crippen LogP contribution in [0.25, 0.3) is 0 Å². The van der Waals surface area contributed by atoms with Gasteiger partial charge in [-0.15, -0.1) is 0 Å². The maximum absolute atomic E-state index is 5.25. The molecule has 1 unspecified atom stereocenters. The monoisotopic (exact) mass is 232 g/mol. The van der Waals surface area contributed by atoms with Gasteiger partial charge in [-0.1, -0.05) is 18.2 Å². The second-order valence-corrected chi connectivity index (χ2v) is 4.91. The van der Waals surface area contributed by atoms with Gasteiger partial charge in [0.25, 0.3) is 0 Å². The molecule has 2 aliphatic rings. The van der Waals surface area contributed by atoms with Crippen molar-refractivity contribution in [2.24, 2.45) is 0 Å². The first-order valence-corrected chi connectivity index (χ1v) is 6.56. The molecule has 2 heterocycles. The third kappa shape index (κ3) is 2.99. The number of hydrogen-bond acceptors (Lipinski definition) is 3. The second-order valence-electron chi connectivity index (χ2n) is 4.91. The Morgan fingerprint density at radius 2 is 1.76 bits per heavy atom. The van der Waals surface area contributed by atoms with Crippen molar-refractivity contribution in [3.8, 4) is 0 Å². The first kappa shape index (κ1) is 11.1. The topological polar surface area (TPSA) is 19.0 Å². The van der Waals surface area contributed by atoms with Crippen molar-refractivity contribution in [1.82, 2.24) is 4.90 Å². The normalized spacial score (nSPS) is 24.9. The molecule has 0 spiro atoms. The minimum absolute atomic E-state index is 0.571. The standard InChI is InChI=1S/C14H20N2O/c1-2-4-13(5-3-1)16-10-8-15(9-11-16)7-6-14-12-17-14/h1-5,14H,6-12H2. The number of nitrogens with zero attached hydrogens (tertiary/aromatic N) is 2. The zero-order valence-corrected chi connectivity index (χ0v) is 10.2. The van der Waals surface area contributed by atoms with Gasteiger partial charge in [0.1, 0.15) is 0 Å². The van der Waals surface area contributed by atoms with Gasteiger partial charge in [0.05, 0.1) is 12.7 Å². The maximum Gasteiger partial charge on any atom is 0.0822 e. The number of epoxide rings is 1. The van der Waals surface area contributed by atoms with E-state index < -0.39 is 0 Å². The molecule has 0 bridgehead atoms. The van der Waals surface area contributed by atoms with Crippen LogP contribution in [0.4, 0.5) is 5.69 Å². The van der Waals surface area contributed by atoms with Crippen LogP contribution in [0.15, 0.2) is 30.3 Å². The molecule has 1 atom stereocenters. The SMILES string of the molecule is c1ccc(N2CCN(CCC3CO3)CC2)cc1. The molecule has 2 saturated heterocycles. The molecular formula is C14H20N2O. The van der Waals surface area contributed by atoms with E-state index in [2.05, 4.69) is 40.1 Å². The summed E-state index contributed by atoms with van der Waals surface area (Å²) in [4.78, 5) is 5.03. The highest BCUT2D eigenvalue weighted by molar-refractivity contribution is 5.46. The van der Waals surface area contributed by atoms with E-state index in [-0.39, 0.29) is 0 Å². The molecule has 17 heavy (non-hydrogen) atoms. The summed E-state index contributed by atoms with van der Waals surface area (Å²) < 4.78 is 5.25. The molecule has 0 aliphatic carbocycles. The maximum atomic E-state index is 5.25. The Morgan fingerprint density at radius 1 is 1.06 bits per heavy atom. The van der Waals surface area contributed by atoms with Gasteiger partial charge in [-0.25, -0.2) is 0 Å². The van der Waals surface area contributed by atoms with E-state index in [1.807, 2.05) is 0 Å². The summed E-state index contributed by atoms with van der Waals surface area (Å²) in [5, 5.41) is 0. The van der Waals surface area contributed by atoms with E-state index in [1.54, 1.807) is 0 Å². The Balaban J connectivity index is 1.46. The lowest BCUT2D eigenvalue weighted by Gasteiger charge is -2.36. The quantitative estimate of drug-likeness (QED) is 0.735. The fraction of sp³-hybridized carbons (Fsp3) is 0.571. The highest BCUT2D eigenvalue weighted by Crippen LogP contribution is 2.17. The van der Waals surface area contributed by atoms with Crippen LogP contribution in [-0.2, 0) is 4.74 Å². The van der Waals surface area contributed by atoms with Crippen LogP contribution < -0.4 is 4.90 Å². The van der Waals surface area contributed by atoms with Gasteiger partial charge >= 0.3 is 0 Å². The van der Waals surface area contributed by atoms with Crippen LogP contribution in [0.2, 0.25) is 0 Å². The predicted octanol–water partition coefficient (Wildman–Crippen LogP) is 1.60. The van der Waals surface area contributed by atoms with Crippen LogP contribution >= 0.6 is 0 Å². The van der Waals surface area contributed by atoms with E-state index in [0.29, 0.717) is 6.10 Å². The molecule has 1 aromatic rings. The Hall–Kier alpha value is -1.06. The van der Waals surface area contributed by atoms with Crippen molar-refractivity contribution in [2.75, 3.05) is 44.2 Å². The lowest BCUT2D eigenvalue weighted by molar-refractivity contribution is 0.242. The van der Waals surface area contributed by atoms with Crippen molar-refractivity contribution >= 4 is 5.69 Å². The van der Waals surface area contributed by atoms with Gasteiger partial charge in [-0.3, -0.25) is 4.90 Å². The number of hydrogen-bond donors (Lipinski definition) is 0. The van der Waals surface area contributed by atoms with Gasteiger partial charge < -0.3 is 9.64 Å². The minimum atomic E-state index is 0.571. The molecule has 2 aliphatic heterocycles. The number of rotatable bonds is 4. The molecule has 0 aromatic heterocycles. The minimum Gasteiger partial charge on any atom is -0.373 e. The lowest BCUT2D eigenvalue weighted by Crippen LogP contribution is -2.46. The predicted molar refractivity (Wildman–Crippen MR) is 69.5 cm³/mol. The van der Waals surface area contributed by atoms with Gasteiger partial charge in [0.2, 0.25) is 0 Å². The average Bonchev–Trinajstić information content (AvgIpc) is 3.22. The van der Waals surface area contributed by atoms with Crippen molar-refractivity contribution in [3.63, 3.8) is 0 Å². The molecule has 0 saturated carbocycles. The first-order valence-electron chi connectivity index (χ1n) is 6.56. The molecule has 0 amide bonds. The highest BCUT2D eigenvalue weighted by atomic mass is 16.6. The van der Waals surface area contributed by atoms with Crippen molar-refractivity contribution in [2.45, 2.75) is 12.5 Å². The van der Waals surface area contributed by atoms with Crippen LogP contribution in [-0.4, -0.2) is 50.3 Å². The Bertz CT molecular complexity index is 342. The molecular weight excluding hydrogens is 212 g/mol. The first-order chi connectivity index (χ1) is 8.42. The van der Waals surface area contributed by atoms with Gasteiger partial charge in [-0.05, 0) is 18.6 Å². The molecule has 92 valence electrons. The average molecular weight is 232 g/mol. The molecule has 1 aromatic carbocycles. The summed E-state index contributed by atoms with van der Waals surface area (Å²) in [6, 6.07) is 10.7. The number of ether oxygens (including phenoxy) is 1. The van der Waals surface area contributed by atoms with E-state index in [0.717, 1.165) is 19.7 Å². The Morgan fingerprint density at radius 3 is 2.41 bits per heavy atom. The van der Waals surface area contributed by atoms with Gasteiger partial charge in [0, 0.05) is 38.4 Å². The molecule has 0 radical (unpaired) electrons. The van der Waals surface area contributed by atoms with Crippen molar-refractivity contribution in [3.05, 3.63) is 30.3 Å². The van der Waals surface area contributed by atoms with Crippen LogP contribution in [0.3, 0.4) is 0 Å². The van der Waals surface area contributed by atoms with Crippen molar-refractivity contribution < 1.29 is 4.74 Å². The third-order valence-electron chi connectivity index (χ3n) is 3.66. The molecule has 2 fully saturated rings. The Kier molecular flexibility index (Phi) is 3.29. The Labute approximate surface area is 103 Å². The number of piperazine rings is 1. The molecule has 3 heteroatoms. The van der Waals surface area contributed by atoms with Crippen LogP contribution in [0.5, 0.6) is 0 Å². The van der Waals surface area contributed by atoms with Crippen LogP contribution in [0, 0.1) is 0 Å². The smallest absolute Gasteiger partial charge is 0.0822 e. The highest BCUT2D eigenvalue weighted by Gasteiger charge is 2.24. The summed E-state index contributed by atoms with van der Waals surface area (Å²) in [6.07, 6.45) is 1.79. The zero-order chi connectivity index (χ0) is 11.5. The third-order valence-corrected chi connectivity index (χ3v) is 3.66. The van der Waals surface area contributed by atoms with E-state index in [1.165, 1.54) is 31.7 Å². The summed E-state index contributed by atoms with van der Waals surface area (Å²) >= 11 is 0. The molecule has 0 N–H and O–H groups in total. The summed E-state index contributed by atoms with van der Waals surface area (Å²) in [6.45, 7) is 6.85. The van der Waals surface area contributed by atoms with Crippen molar-refractivity contribution in [1.29, 1.82) is 0 Å². The summed E-state index contributed by atoms with van der Waals surface area (Å²) in [5.41, 5.74) is 1.36. The lowest BCUT2D eigenvalue weighted by atomic mass is 10.2. The van der Waals surface area contributed by atoms with E-state index >= 15 is 0 Å². The second kappa shape index (κ2) is 5.07. The molecule has 3 nitrogen and oxygen atoms in total. The number of anilines is 1.